The monoisotopic (exact) mass is 337 g/mol. The number of esters is 1. The van der Waals surface area contributed by atoms with Crippen molar-refractivity contribution in [2.75, 3.05) is 7.11 Å². The van der Waals surface area contributed by atoms with Crippen molar-refractivity contribution < 1.29 is 19.1 Å². The van der Waals surface area contributed by atoms with Crippen LogP contribution in [0.4, 0.5) is 0 Å². The number of fused-ring (bicyclic) bond motifs is 3. The fraction of sp³-hybridized carbons (Fsp3) is 0.300. The number of rotatable bonds is 3. The van der Waals surface area contributed by atoms with Gasteiger partial charge < -0.3 is 9.47 Å². The van der Waals surface area contributed by atoms with Crippen molar-refractivity contribution in [1.29, 1.82) is 0 Å². The summed E-state index contributed by atoms with van der Waals surface area (Å²) in [5.74, 6) is -0.00211. The molecule has 1 amide bonds. The summed E-state index contributed by atoms with van der Waals surface area (Å²) in [6, 6.07) is 14.1. The number of methoxy groups -OCH3 is 1. The van der Waals surface area contributed by atoms with Gasteiger partial charge >= 0.3 is 5.97 Å². The predicted molar refractivity (Wildman–Crippen MR) is 91.1 cm³/mol. The predicted octanol–water partition coefficient (Wildman–Crippen LogP) is 2.93. The average Bonchev–Trinajstić information content (AvgIpc) is 3.06. The van der Waals surface area contributed by atoms with Gasteiger partial charge in [-0.3, -0.25) is 9.69 Å². The van der Waals surface area contributed by atoms with Crippen molar-refractivity contribution in [3.8, 4) is 5.75 Å². The zero-order chi connectivity index (χ0) is 17.8. The Morgan fingerprint density at radius 3 is 2.48 bits per heavy atom. The first-order chi connectivity index (χ1) is 12.0. The summed E-state index contributed by atoms with van der Waals surface area (Å²) in [5.41, 5.74) is 0.725. The minimum absolute atomic E-state index is 0.0572. The van der Waals surface area contributed by atoms with Crippen LogP contribution >= 0.6 is 0 Å². The van der Waals surface area contributed by atoms with Crippen LogP contribution in [0.1, 0.15) is 35.3 Å². The number of carbonyl (C=O) groups excluding carboxylic acids is 2. The van der Waals surface area contributed by atoms with Crippen LogP contribution in [0.3, 0.4) is 0 Å². The molecule has 2 atom stereocenters. The fourth-order valence-electron chi connectivity index (χ4n) is 3.85. The molecule has 2 aliphatic heterocycles. The molecule has 0 bridgehead atoms. The molecule has 0 aliphatic carbocycles. The number of ether oxygens (including phenoxy) is 2. The maximum atomic E-state index is 13.2. The summed E-state index contributed by atoms with van der Waals surface area (Å²) in [6.07, 6.45) is 0. The topological polar surface area (TPSA) is 55.8 Å². The van der Waals surface area contributed by atoms with E-state index in [1.165, 1.54) is 0 Å². The lowest BCUT2D eigenvalue weighted by molar-refractivity contribution is -0.149. The van der Waals surface area contributed by atoms with Gasteiger partial charge in [-0.2, -0.15) is 0 Å². The quantitative estimate of drug-likeness (QED) is 0.808. The first kappa shape index (κ1) is 15.7. The third-order valence-corrected chi connectivity index (χ3v) is 4.94. The second-order valence-electron chi connectivity index (χ2n) is 6.71. The van der Waals surface area contributed by atoms with E-state index >= 15 is 0 Å². The van der Waals surface area contributed by atoms with Crippen LogP contribution in [-0.4, -0.2) is 29.9 Å². The van der Waals surface area contributed by atoms with E-state index in [1.54, 1.807) is 30.2 Å². The van der Waals surface area contributed by atoms with E-state index in [-0.39, 0.29) is 17.8 Å². The molecule has 5 heteroatoms. The van der Waals surface area contributed by atoms with Crippen LogP contribution in [0, 0.1) is 5.92 Å². The van der Waals surface area contributed by atoms with E-state index in [9.17, 15) is 9.59 Å². The van der Waals surface area contributed by atoms with Crippen molar-refractivity contribution in [2.24, 2.45) is 5.92 Å². The Hall–Kier alpha value is -2.82. The second-order valence-corrected chi connectivity index (χ2v) is 6.71. The van der Waals surface area contributed by atoms with E-state index < -0.39 is 11.8 Å². The van der Waals surface area contributed by atoms with Gasteiger partial charge in [0, 0.05) is 16.7 Å². The number of hydrogen-bond donors (Lipinski definition) is 0. The number of nitrogens with zero attached hydrogens (tertiary/aromatic N) is 1. The van der Waals surface area contributed by atoms with Crippen molar-refractivity contribution in [1.82, 2.24) is 4.90 Å². The van der Waals surface area contributed by atoms with E-state index in [0.29, 0.717) is 16.9 Å². The first-order valence-corrected chi connectivity index (χ1v) is 8.31. The second kappa shape index (κ2) is 5.34. The molecule has 2 aliphatic rings. The molecule has 25 heavy (non-hydrogen) atoms. The van der Waals surface area contributed by atoms with Gasteiger partial charge in [-0.1, -0.05) is 44.2 Å². The van der Waals surface area contributed by atoms with Crippen molar-refractivity contribution in [3.05, 3.63) is 65.2 Å². The summed E-state index contributed by atoms with van der Waals surface area (Å²) in [4.78, 5) is 27.4. The van der Waals surface area contributed by atoms with Gasteiger partial charge in [-0.25, -0.2) is 4.79 Å². The highest BCUT2D eigenvalue weighted by atomic mass is 16.6. The molecule has 1 fully saturated rings. The Labute approximate surface area is 146 Å². The van der Waals surface area contributed by atoms with Crippen molar-refractivity contribution >= 4 is 11.9 Å². The molecule has 0 N–H and O–H groups in total. The summed E-state index contributed by atoms with van der Waals surface area (Å²) >= 11 is 0. The van der Waals surface area contributed by atoms with Crippen LogP contribution in [-0.2, 0) is 15.3 Å². The highest BCUT2D eigenvalue weighted by Gasteiger charge is 2.64. The summed E-state index contributed by atoms with van der Waals surface area (Å²) in [6.45, 7) is 3.84. The molecule has 2 aromatic carbocycles. The lowest BCUT2D eigenvalue weighted by Gasteiger charge is -2.33. The largest absolute Gasteiger partial charge is 0.497 e. The lowest BCUT2D eigenvalue weighted by Crippen LogP contribution is -2.46. The number of benzene rings is 2. The van der Waals surface area contributed by atoms with E-state index in [4.69, 9.17) is 9.47 Å². The molecule has 4 rings (SSSR count). The Morgan fingerprint density at radius 1 is 1.12 bits per heavy atom. The molecular formula is C20H19NO4. The molecule has 5 nitrogen and oxygen atoms in total. The molecule has 0 saturated carbocycles. The van der Waals surface area contributed by atoms with Gasteiger partial charge in [0.25, 0.3) is 5.91 Å². The van der Waals surface area contributed by atoms with Crippen LogP contribution in [0.5, 0.6) is 5.75 Å². The average molecular weight is 337 g/mol. The molecule has 128 valence electrons. The molecule has 2 heterocycles. The van der Waals surface area contributed by atoms with Crippen LogP contribution < -0.4 is 4.74 Å². The highest BCUT2D eigenvalue weighted by Crippen LogP contribution is 2.52. The maximum absolute atomic E-state index is 13.2. The third-order valence-electron chi connectivity index (χ3n) is 4.94. The Bertz CT molecular complexity index is 861. The Balaban J connectivity index is 2.03. The normalized spacial score (nSPS) is 24.3. The Morgan fingerprint density at radius 2 is 1.84 bits per heavy atom. The number of carbonyl (C=O) groups is 2. The first-order valence-electron chi connectivity index (χ1n) is 8.31. The fourth-order valence-corrected chi connectivity index (χ4v) is 3.85. The Kier molecular flexibility index (Phi) is 3.35. The minimum Gasteiger partial charge on any atom is -0.497 e. The van der Waals surface area contributed by atoms with E-state index in [1.807, 2.05) is 44.2 Å². The molecule has 0 radical (unpaired) electrons. The van der Waals surface area contributed by atoms with Crippen molar-refractivity contribution in [2.45, 2.75) is 25.6 Å². The smallest absolute Gasteiger partial charge is 0.331 e. The number of hydrogen-bond acceptors (Lipinski definition) is 4. The van der Waals surface area contributed by atoms with Gasteiger partial charge in [0.1, 0.15) is 11.8 Å². The van der Waals surface area contributed by atoms with Crippen molar-refractivity contribution in [3.63, 3.8) is 0 Å². The van der Waals surface area contributed by atoms with E-state index in [0.717, 1.165) is 5.56 Å². The molecule has 0 spiro atoms. The molecule has 1 saturated heterocycles. The number of amides is 1. The molecule has 0 aromatic heterocycles. The van der Waals surface area contributed by atoms with Gasteiger partial charge in [0.05, 0.1) is 7.11 Å². The van der Waals surface area contributed by atoms with E-state index in [2.05, 4.69) is 0 Å². The third kappa shape index (κ3) is 1.95. The molecule has 0 unspecified atom stereocenters. The minimum atomic E-state index is -1.23. The molecule has 2 aromatic rings. The lowest BCUT2D eigenvalue weighted by atomic mass is 9.93. The SMILES string of the molecule is COc1ccc2c(c1)[C@@]1(c3ccccc3)OC(=O)[C@H](C(C)C)N1C2=O. The van der Waals surface area contributed by atoms with Gasteiger partial charge in [-0.15, -0.1) is 0 Å². The van der Waals surface area contributed by atoms with Gasteiger partial charge in [-0.05, 0) is 24.1 Å². The van der Waals surface area contributed by atoms with Crippen LogP contribution in [0.15, 0.2) is 48.5 Å². The standard InChI is InChI=1S/C20H19NO4/c1-12(2)17-19(23)25-20(13-7-5-4-6-8-13)16-11-14(24-3)9-10-15(16)18(22)21(17)20/h4-12,17H,1-3H3/t17-,20+/m0/s1. The zero-order valence-electron chi connectivity index (χ0n) is 14.4. The maximum Gasteiger partial charge on any atom is 0.331 e. The van der Waals surface area contributed by atoms with Gasteiger partial charge in [0.15, 0.2) is 0 Å². The molecular weight excluding hydrogens is 318 g/mol. The van der Waals surface area contributed by atoms with Crippen LogP contribution in [0.2, 0.25) is 0 Å². The highest BCUT2D eigenvalue weighted by molar-refractivity contribution is 6.05. The van der Waals surface area contributed by atoms with Crippen LogP contribution in [0.25, 0.3) is 0 Å². The summed E-state index contributed by atoms with van der Waals surface area (Å²) in [7, 11) is 1.57. The van der Waals surface area contributed by atoms with Gasteiger partial charge in [0.2, 0.25) is 5.72 Å². The summed E-state index contributed by atoms with van der Waals surface area (Å²) in [5, 5.41) is 0. The zero-order valence-corrected chi connectivity index (χ0v) is 14.4. The summed E-state index contributed by atoms with van der Waals surface area (Å²) < 4.78 is 11.3.